The summed E-state index contributed by atoms with van der Waals surface area (Å²) in [5, 5.41) is 3.04. The van der Waals surface area contributed by atoms with Crippen molar-refractivity contribution in [3.63, 3.8) is 0 Å². The highest BCUT2D eigenvalue weighted by Gasteiger charge is 2.37. The lowest BCUT2D eigenvalue weighted by atomic mass is 9.88. The van der Waals surface area contributed by atoms with E-state index in [2.05, 4.69) is 5.32 Å². The van der Waals surface area contributed by atoms with Crippen molar-refractivity contribution >= 4 is 5.91 Å². The highest BCUT2D eigenvalue weighted by atomic mass is 19.1. The molecule has 1 aromatic rings. The normalized spacial score (nSPS) is 19.5. The van der Waals surface area contributed by atoms with E-state index >= 15 is 0 Å². The van der Waals surface area contributed by atoms with Crippen LogP contribution in [-0.4, -0.2) is 11.9 Å². The topological polar surface area (TPSA) is 55.1 Å². The van der Waals surface area contributed by atoms with Crippen LogP contribution in [0.3, 0.4) is 0 Å². The van der Waals surface area contributed by atoms with Crippen LogP contribution in [0.5, 0.6) is 0 Å². The summed E-state index contributed by atoms with van der Waals surface area (Å²) in [7, 11) is 0. The highest BCUT2D eigenvalue weighted by Crippen LogP contribution is 2.38. The Kier molecular flexibility index (Phi) is 3.66. The number of nitrogens with two attached hydrogens (primary N) is 1. The van der Waals surface area contributed by atoms with Crippen molar-refractivity contribution in [3.05, 3.63) is 35.6 Å². The van der Waals surface area contributed by atoms with Gasteiger partial charge in [-0.1, -0.05) is 25.0 Å². The van der Waals surface area contributed by atoms with Crippen LogP contribution in [-0.2, 0) is 10.3 Å². The first-order chi connectivity index (χ1) is 8.53. The molecule has 0 bridgehead atoms. The lowest BCUT2D eigenvalue weighted by Gasteiger charge is -2.32. The molecule has 1 aliphatic carbocycles. The van der Waals surface area contributed by atoms with Gasteiger partial charge in [-0.05, 0) is 37.5 Å². The Balaban J connectivity index is 2.26. The molecule has 1 unspecified atom stereocenters. The van der Waals surface area contributed by atoms with E-state index in [0.717, 1.165) is 31.2 Å². The molecule has 4 heteroatoms. The molecule has 3 N–H and O–H groups in total. The maximum absolute atomic E-state index is 13.0. The van der Waals surface area contributed by atoms with Crippen LogP contribution in [0.25, 0.3) is 0 Å². The van der Waals surface area contributed by atoms with Crippen LogP contribution in [0.15, 0.2) is 24.3 Å². The van der Waals surface area contributed by atoms with Crippen molar-refractivity contribution in [1.29, 1.82) is 0 Å². The summed E-state index contributed by atoms with van der Waals surface area (Å²) in [6.07, 6.45) is 3.90. The van der Waals surface area contributed by atoms with E-state index in [1.165, 1.54) is 12.1 Å². The van der Waals surface area contributed by atoms with E-state index in [1.54, 1.807) is 19.1 Å². The van der Waals surface area contributed by atoms with Crippen molar-refractivity contribution in [2.24, 2.45) is 5.73 Å². The molecular formula is C14H19FN2O. The van der Waals surface area contributed by atoms with Gasteiger partial charge in [-0.25, -0.2) is 4.39 Å². The minimum atomic E-state index is -0.525. The Morgan fingerprint density at radius 2 is 1.89 bits per heavy atom. The molecule has 1 aliphatic rings. The number of rotatable bonds is 3. The quantitative estimate of drug-likeness (QED) is 0.862. The Bertz CT molecular complexity index is 422. The molecule has 1 aromatic carbocycles. The van der Waals surface area contributed by atoms with Gasteiger partial charge >= 0.3 is 0 Å². The first-order valence-corrected chi connectivity index (χ1v) is 6.37. The lowest BCUT2D eigenvalue weighted by molar-refractivity contribution is -0.124. The van der Waals surface area contributed by atoms with Crippen molar-refractivity contribution in [3.8, 4) is 0 Å². The molecule has 0 aromatic heterocycles. The number of carbonyl (C=O) groups is 1. The summed E-state index contributed by atoms with van der Waals surface area (Å²) >= 11 is 0. The predicted octanol–water partition coefficient (Wildman–Crippen LogP) is 2.06. The van der Waals surface area contributed by atoms with Gasteiger partial charge in [-0.3, -0.25) is 4.79 Å². The minimum absolute atomic E-state index is 0.152. The number of amides is 1. The monoisotopic (exact) mass is 250 g/mol. The van der Waals surface area contributed by atoms with Crippen molar-refractivity contribution in [1.82, 2.24) is 5.32 Å². The molecule has 1 atom stereocenters. The third-order valence-corrected chi connectivity index (χ3v) is 3.63. The predicted molar refractivity (Wildman–Crippen MR) is 68.3 cm³/mol. The largest absolute Gasteiger partial charge is 0.345 e. The fourth-order valence-corrected chi connectivity index (χ4v) is 2.58. The Hall–Kier alpha value is -1.42. The average molecular weight is 250 g/mol. The van der Waals surface area contributed by atoms with E-state index < -0.39 is 6.04 Å². The molecule has 18 heavy (non-hydrogen) atoms. The number of nitrogens with one attached hydrogen (secondary N) is 1. The number of hydrogen-bond acceptors (Lipinski definition) is 2. The summed E-state index contributed by atoms with van der Waals surface area (Å²) < 4.78 is 13.0. The third-order valence-electron chi connectivity index (χ3n) is 3.63. The van der Waals surface area contributed by atoms with E-state index in [-0.39, 0.29) is 17.3 Å². The second kappa shape index (κ2) is 5.06. The first kappa shape index (κ1) is 13.0. The van der Waals surface area contributed by atoms with Crippen molar-refractivity contribution in [2.75, 3.05) is 0 Å². The Morgan fingerprint density at radius 1 is 1.33 bits per heavy atom. The molecule has 98 valence electrons. The highest BCUT2D eigenvalue weighted by molar-refractivity contribution is 5.82. The molecule has 1 amide bonds. The van der Waals surface area contributed by atoms with E-state index in [1.807, 2.05) is 0 Å². The molecule has 2 rings (SSSR count). The summed E-state index contributed by atoms with van der Waals surface area (Å²) in [4.78, 5) is 11.8. The fourth-order valence-electron chi connectivity index (χ4n) is 2.58. The average Bonchev–Trinajstić information content (AvgIpc) is 2.79. The Labute approximate surface area is 107 Å². The number of benzene rings is 1. The van der Waals surface area contributed by atoms with Crippen LogP contribution < -0.4 is 11.1 Å². The molecule has 0 aliphatic heterocycles. The van der Waals surface area contributed by atoms with Crippen LogP contribution in [0.2, 0.25) is 0 Å². The maximum Gasteiger partial charge on any atom is 0.237 e. The summed E-state index contributed by atoms with van der Waals surface area (Å²) in [6, 6.07) is 5.85. The molecule has 1 fully saturated rings. The standard InChI is InChI=1S/C14H19FN2O/c1-10(16)13(18)17-14(8-2-3-9-14)11-4-6-12(15)7-5-11/h4-7,10H,2-3,8-9,16H2,1H3,(H,17,18). The zero-order valence-corrected chi connectivity index (χ0v) is 10.6. The molecule has 0 radical (unpaired) electrons. The summed E-state index contributed by atoms with van der Waals surface area (Å²) in [5.41, 5.74) is 6.21. The molecule has 0 spiro atoms. The van der Waals surface area contributed by atoms with Crippen LogP contribution in [0.1, 0.15) is 38.2 Å². The number of carbonyl (C=O) groups excluding carboxylic acids is 1. The van der Waals surface area contributed by atoms with Gasteiger partial charge in [0.05, 0.1) is 11.6 Å². The molecule has 0 saturated heterocycles. The third kappa shape index (κ3) is 2.53. The number of halogens is 1. The van der Waals surface area contributed by atoms with Crippen LogP contribution in [0.4, 0.5) is 4.39 Å². The number of hydrogen-bond donors (Lipinski definition) is 2. The van der Waals surface area contributed by atoms with Gasteiger partial charge in [0.15, 0.2) is 0 Å². The van der Waals surface area contributed by atoms with Crippen molar-refractivity contribution in [2.45, 2.75) is 44.2 Å². The van der Waals surface area contributed by atoms with Gasteiger partial charge < -0.3 is 11.1 Å². The lowest BCUT2D eigenvalue weighted by Crippen LogP contribution is -2.49. The van der Waals surface area contributed by atoms with Crippen LogP contribution in [0, 0.1) is 5.82 Å². The SMILES string of the molecule is CC(N)C(=O)NC1(c2ccc(F)cc2)CCCC1. The first-order valence-electron chi connectivity index (χ1n) is 6.37. The molecule has 0 heterocycles. The van der Waals surface area contributed by atoms with Gasteiger partial charge in [-0.15, -0.1) is 0 Å². The Morgan fingerprint density at radius 3 is 2.39 bits per heavy atom. The van der Waals surface area contributed by atoms with Gasteiger partial charge in [-0.2, -0.15) is 0 Å². The molecule has 1 saturated carbocycles. The zero-order valence-electron chi connectivity index (χ0n) is 10.6. The maximum atomic E-state index is 13.0. The van der Waals surface area contributed by atoms with E-state index in [0.29, 0.717) is 0 Å². The van der Waals surface area contributed by atoms with Crippen LogP contribution >= 0.6 is 0 Å². The summed E-state index contributed by atoms with van der Waals surface area (Å²) in [6.45, 7) is 1.67. The van der Waals surface area contributed by atoms with E-state index in [9.17, 15) is 9.18 Å². The zero-order chi connectivity index (χ0) is 13.2. The smallest absolute Gasteiger partial charge is 0.237 e. The molecular weight excluding hydrogens is 231 g/mol. The summed E-state index contributed by atoms with van der Waals surface area (Å²) in [5.74, 6) is -0.411. The van der Waals surface area contributed by atoms with Gasteiger partial charge in [0.25, 0.3) is 0 Å². The van der Waals surface area contributed by atoms with Crippen molar-refractivity contribution < 1.29 is 9.18 Å². The van der Waals surface area contributed by atoms with Gasteiger partial charge in [0.1, 0.15) is 5.82 Å². The second-order valence-corrected chi connectivity index (χ2v) is 5.07. The second-order valence-electron chi connectivity index (χ2n) is 5.07. The van der Waals surface area contributed by atoms with E-state index in [4.69, 9.17) is 5.73 Å². The van der Waals surface area contributed by atoms with Gasteiger partial charge in [0.2, 0.25) is 5.91 Å². The molecule has 3 nitrogen and oxygen atoms in total. The van der Waals surface area contributed by atoms with Gasteiger partial charge in [0, 0.05) is 0 Å². The minimum Gasteiger partial charge on any atom is -0.345 e. The fraction of sp³-hybridized carbons (Fsp3) is 0.500.